The van der Waals surface area contributed by atoms with Gasteiger partial charge in [0.1, 0.15) is 5.75 Å². The van der Waals surface area contributed by atoms with Gasteiger partial charge >= 0.3 is 0 Å². The molecule has 2 aromatic rings. The topological polar surface area (TPSA) is 78.9 Å². The molecule has 5 nitrogen and oxygen atoms in total. The first-order chi connectivity index (χ1) is 9.31. The first kappa shape index (κ1) is 12.4. The summed E-state index contributed by atoms with van der Waals surface area (Å²) in [5.41, 5.74) is 1.91. The fraction of sp³-hybridized carbons (Fsp3) is 0.0714. The number of pyridine rings is 1. The van der Waals surface area contributed by atoms with Crippen molar-refractivity contribution in [2.24, 2.45) is 0 Å². The lowest BCUT2D eigenvalue weighted by atomic mass is 10.1. The summed E-state index contributed by atoms with van der Waals surface area (Å²) in [7, 11) is 0. The molecule has 0 unspecified atom stereocenters. The maximum Gasteiger partial charge on any atom is 0.292 e. The second-order valence-corrected chi connectivity index (χ2v) is 3.69. The standard InChI is InChI=1S/C14H9N3O2/c15-9-18-13-4-1-11(2-5-13)7-12-3-6-14(8-17-12)19-10-16/h1-6,8H,7H2. The van der Waals surface area contributed by atoms with E-state index in [9.17, 15) is 0 Å². The number of ether oxygens (including phenoxy) is 2. The molecule has 92 valence electrons. The normalized spacial score (nSPS) is 9.16. The van der Waals surface area contributed by atoms with Crippen LogP contribution in [0, 0.1) is 23.0 Å². The molecule has 1 aromatic carbocycles. The average molecular weight is 251 g/mol. The van der Waals surface area contributed by atoms with Gasteiger partial charge in [-0.3, -0.25) is 4.98 Å². The van der Waals surface area contributed by atoms with Crippen LogP contribution in [0.5, 0.6) is 11.5 Å². The molecule has 1 aromatic heterocycles. The number of nitriles is 2. The Labute approximate surface area is 110 Å². The van der Waals surface area contributed by atoms with Gasteiger partial charge in [0.05, 0.1) is 6.20 Å². The smallest absolute Gasteiger partial charge is 0.292 e. The minimum Gasteiger partial charge on any atom is -0.388 e. The molecular weight excluding hydrogens is 242 g/mol. The fourth-order valence-electron chi connectivity index (χ4n) is 1.57. The van der Waals surface area contributed by atoms with Gasteiger partial charge in [-0.1, -0.05) is 12.1 Å². The molecule has 0 radical (unpaired) electrons. The Morgan fingerprint density at radius 3 is 2.11 bits per heavy atom. The van der Waals surface area contributed by atoms with E-state index in [1.54, 1.807) is 36.8 Å². The Bertz CT molecular complexity index is 564. The molecule has 0 saturated heterocycles. The summed E-state index contributed by atoms with van der Waals surface area (Å²) in [5.74, 6) is 0.931. The number of aromatic nitrogens is 1. The predicted molar refractivity (Wildman–Crippen MR) is 66.0 cm³/mol. The van der Waals surface area contributed by atoms with Gasteiger partial charge < -0.3 is 9.47 Å². The maximum absolute atomic E-state index is 8.38. The Morgan fingerprint density at radius 2 is 1.53 bits per heavy atom. The lowest BCUT2D eigenvalue weighted by Gasteiger charge is -2.03. The van der Waals surface area contributed by atoms with Gasteiger partial charge in [-0.05, 0) is 29.8 Å². The van der Waals surface area contributed by atoms with E-state index in [2.05, 4.69) is 9.72 Å². The first-order valence-corrected chi connectivity index (χ1v) is 5.47. The van der Waals surface area contributed by atoms with E-state index in [0.717, 1.165) is 11.3 Å². The molecule has 2 rings (SSSR count). The van der Waals surface area contributed by atoms with Gasteiger partial charge in [0, 0.05) is 12.1 Å². The highest BCUT2D eigenvalue weighted by molar-refractivity contribution is 5.31. The summed E-state index contributed by atoms with van der Waals surface area (Å²) in [6.45, 7) is 0. The Morgan fingerprint density at radius 1 is 0.895 bits per heavy atom. The second kappa shape index (κ2) is 6.04. The van der Waals surface area contributed by atoms with Gasteiger partial charge in [-0.2, -0.15) is 0 Å². The van der Waals surface area contributed by atoms with E-state index >= 15 is 0 Å². The van der Waals surface area contributed by atoms with Crippen LogP contribution in [-0.2, 0) is 6.42 Å². The Balaban J connectivity index is 2.04. The molecule has 0 bridgehead atoms. The second-order valence-electron chi connectivity index (χ2n) is 3.69. The molecule has 5 heteroatoms. The molecule has 0 atom stereocenters. The maximum atomic E-state index is 8.38. The monoisotopic (exact) mass is 251 g/mol. The average Bonchev–Trinajstić information content (AvgIpc) is 2.44. The van der Waals surface area contributed by atoms with Gasteiger partial charge in [0.15, 0.2) is 5.75 Å². The fourth-order valence-corrected chi connectivity index (χ4v) is 1.57. The zero-order valence-electron chi connectivity index (χ0n) is 9.91. The SMILES string of the molecule is N#COc1ccc(Cc2ccc(OC#N)cn2)cc1. The van der Waals surface area contributed by atoms with Crippen LogP contribution in [-0.4, -0.2) is 4.98 Å². The van der Waals surface area contributed by atoms with Crippen molar-refractivity contribution in [2.75, 3.05) is 0 Å². The predicted octanol–water partition coefficient (Wildman–Crippen LogP) is 2.39. The van der Waals surface area contributed by atoms with Crippen LogP contribution in [0.2, 0.25) is 0 Å². The third-order valence-corrected chi connectivity index (χ3v) is 2.43. The van der Waals surface area contributed by atoms with Crippen molar-refractivity contribution in [1.82, 2.24) is 4.98 Å². The highest BCUT2D eigenvalue weighted by atomic mass is 16.5. The summed E-state index contributed by atoms with van der Waals surface area (Å²) in [4.78, 5) is 4.19. The largest absolute Gasteiger partial charge is 0.388 e. The summed E-state index contributed by atoms with van der Waals surface area (Å²) in [6, 6.07) is 10.7. The molecule has 0 spiro atoms. The molecule has 0 saturated carbocycles. The van der Waals surface area contributed by atoms with Crippen molar-refractivity contribution in [2.45, 2.75) is 6.42 Å². The lowest BCUT2D eigenvalue weighted by molar-refractivity contribution is 0.504. The minimum atomic E-state index is 0.420. The Kier molecular flexibility index (Phi) is 3.94. The zero-order valence-corrected chi connectivity index (χ0v) is 9.91. The van der Waals surface area contributed by atoms with Crippen LogP contribution in [0.1, 0.15) is 11.3 Å². The van der Waals surface area contributed by atoms with Crippen molar-refractivity contribution in [1.29, 1.82) is 10.5 Å². The van der Waals surface area contributed by atoms with Crippen LogP contribution >= 0.6 is 0 Å². The number of rotatable bonds is 4. The van der Waals surface area contributed by atoms with Gasteiger partial charge in [-0.25, -0.2) is 0 Å². The zero-order chi connectivity index (χ0) is 13.5. The summed E-state index contributed by atoms with van der Waals surface area (Å²) >= 11 is 0. The van der Waals surface area contributed by atoms with Crippen molar-refractivity contribution in [3.05, 3.63) is 53.9 Å². The van der Waals surface area contributed by atoms with Gasteiger partial charge in [0.2, 0.25) is 0 Å². The lowest BCUT2D eigenvalue weighted by Crippen LogP contribution is -1.93. The third kappa shape index (κ3) is 3.45. The molecule has 0 amide bonds. The molecule has 1 heterocycles. The highest BCUT2D eigenvalue weighted by Crippen LogP contribution is 2.15. The Hall–Kier alpha value is -3.05. The quantitative estimate of drug-likeness (QED) is 0.779. The van der Waals surface area contributed by atoms with Gasteiger partial charge in [-0.15, -0.1) is 10.5 Å². The van der Waals surface area contributed by atoms with E-state index in [1.807, 2.05) is 12.1 Å². The molecule has 0 fully saturated rings. The van der Waals surface area contributed by atoms with E-state index in [-0.39, 0.29) is 0 Å². The number of hydrogen-bond donors (Lipinski definition) is 0. The molecule has 0 N–H and O–H groups in total. The van der Waals surface area contributed by atoms with Crippen molar-refractivity contribution >= 4 is 0 Å². The summed E-state index contributed by atoms with van der Waals surface area (Å²) in [5, 5.41) is 16.7. The van der Waals surface area contributed by atoms with Crippen molar-refractivity contribution in [3.8, 4) is 24.0 Å². The van der Waals surface area contributed by atoms with E-state index in [4.69, 9.17) is 15.3 Å². The van der Waals surface area contributed by atoms with Crippen molar-refractivity contribution in [3.63, 3.8) is 0 Å². The molecule has 0 aliphatic rings. The van der Waals surface area contributed by atoms with Crippen LogP contribution in [0.15, 0.2) is 42.6 Å². The number of benzene rings is 1. The number of hydrogen-bond acceptors (Lipinski definition) is 5. The third-order valence-electron chi connectivity index (χ3n) is 2.43. The van der Waals surface area contributed by atoms with E-state index in [1.165, 1.54) is 6.20 Å². The molecule has 0 aliphatic heterocycles. The molecule has 0 aliphatic carbocycles. The molecule has 19 heavy (non-hydrogen) atoms. The van der Waals surface area contributed by atoms with E-state index < -0.39 is 0 Å². The highest BCUT2D eigenvalue weighted by Gasteiger charge is 2.00. The summed E-state index contributed by atoms with van der Waals surface area (Å²) < 4.78 is 9.35. The summed E-state index contributed by atoms with van der Waals surface area (Å²) in [6.07, 6.45) is 5.37. The van der Waals surface area contributed by atoms with Crippen LogP contribution in [0.3, 0.4) is 0 Å². The first-order valence-electron chi connectivity index (χ1n) is 5.47. The van der Waals surface area contributed by atoms with E-state index in [0.29, 0.717) is 17.9 Å². The number of nitrogens with zero attached hydrogens (tertiary/aromatic N) is 3. The van der Waals surface area contributed by atoms with Crippen LogP contribution in [0.25, 0.3) is 0 Å². The minimum absolute atomic E-state index is 0.420. The van der Waals surface area contributed by atoms with Crippen LogP contribution in [0.4, 0.5) is 0 Å². The van der Waals surface area contributed by atoms with Crippen LogP contribution < -0.4 is 9.47 Å². The van der Waals surface area contributed by atoms with Crippen molar-refractivity contribution < 1.29 is 9.47 Å². The molecular formula is C14H9N3O2. The van der Waals surface area contributed by atoms with Gasteiger partial charge in [0.25, 0.3) is 12.5 Å².